The molecular formula is C82H118N24O2S2. The first kappa shape index (κ1) is 96.5. The van der Waals surface area contributed by atoms with E-state index >= 15 is 0 Å². The molecule has 0 aliphatic carbocycles. The van der Waals surface area contributed by atoms with Crippen molar-refractivity contribution in [2.75, 3.05) is 0 Å². The highest BCUT2D eigenvalue weighted by atomic mass is 32.1. The monoisotopic (exact) mass is 1530 g/mol. The fourth-order valence-corrected chi connectivity index (χ4v) is 7.63. The zero-order chi connectivity index (χ0) is 82.7. The van der Waals surface area contributed by atoms with Crippen LogP contribution in [0.2, 0.25) is 0 Å². The van der Waals surface area contributed by atoms with Gasteiger partial charge in [-0.2, -0.15) is 35.8 Å². The van der Waals surface area contributed by atoms with Gasteiger partial charge in [-0.05, 0) is 282 Å². The molecular weight excluding hydrogens is 1420 g/mol. The van der Waals surface area contributed by atoms with Crippen molar-refractivity contribution in [3.05, 3.63) is 303 Å². The van der Waals surface area contributed by atoms with Gasteiger partial charge in [0, 0.05) is 98.2 Å². The molecule has 110 heavy (non-hydrogen) atoms. The van der Waals surface area contributed by atoms with Crippen LogP contribution in [0.15, 0.2) is 144 Å². The summed E-state index contributed by atoms with van der Waals surface area (Å²) in [6.07, 6.45) is 25.9. The second-order valence-electron chi connectivity index (χ2n) is 25.1. The van der Waals surface area contributed by atoms with Gasteiger partial charge in [0.1, 0.15) is 24.2 Å². The molecule has 0 saturated carbocycles. The molecule has 0 bridgehead atoms. The third-order valence-electron chi connectivity index (χ3n) is 16.5. The van der Waals surface area contributed by atoms with E-state index in [4.69, 9.17) is 8.83 Å². The summed E-state index contributed by atoms with van der Waals surface area (Å²) < 4.78 is 9.71. The fourth-order valence-electron chi connectivity index (χ4n) is 6.44. The van der Waals surface area contributed by atoms with Crippen molar-refractivity contribution in [1.29, 1.82) is 0 Å². The lowest BCUT2D eigenvalue weighted by molar-refractivity contribution is 0.525. The average molecular weight is 1540 g/mol. The van der Waals surface area contributed by atoms with Crippen LogP contribution in [0.1, 0.15) is 168 Å². The topological polar surface area (TPSA) is 353 Å². The number of rotatable bonds is 0. The van der Waals surface area contributed by atoms with Gasteiger partial charge in [-0.1, -0.05) is 12.1 Å². The van der Waals surface area contributed by atoms with Crippen LogP contribution < -0.4 is 0 Å². The van der Waals surface area contributed by atoms with Gasteiger partial charge in [-0.15, -0.1) is 22.7 Å². The Morgan fingerprint density at radius 2 is 0.627 bits per heavy atom. The first-order valence-corrected chi connectivity index (χ1v) is 37.1. The minimum Gasteiger partial charge on any atom is -0.449 e. The number of H-pyrrole nitrogens is 6. The standard InChI is InChI=1S/3C7H9N.2C6H8N2.5C5H8N2.2C5H7NO.2C5H7NS.C4H7N3/c1-6-3-4-8-5-7(6)2;2*1-6-4-3-5-8-7(6)2;2*1-5-3-7-4-8-6(5)2;1-4-5(2)7-3-6-4;4*1-4-3-6-7-5(4)2;4*1-4-5(2)7-3-6-4;1-3-4(2)6-7-5-3/h3*3-5H,1-2H3;2*3-4H,1-2H3;5*3H,1-2H3,(H,6,7);4*3H,1-2H3;1-2H3,(H,5,6,7). The van der Waals surface area contributed by atoms with E-state index in [1.165, 1.54) is 67.0 Å². The summed E-state index contributed by atoms with van der Waals surface area (Å²) in [5, 5.41) is 36.5. The molecule has 26 nitrogen and oxygen atoms in total. The Kier molecular flexibility index (Phi) is 48.2. The maximum Gasteiger partial charge on any atom is 0.181 e. The average Bonchev–Trinajstić information content (AvgIpc) is 1.79. The third kappa shape index (κ3) is 42.7. The Morgan fingerprint density at radius 1 is 0.273 bits per heavy atom. The van der Waals surface area contributed by atoms with E-state index in [0.717, 1.165) is 114 Å². The lowest BCUT2D eigenvalue weighted by Crippen LogP contribution is -1.85. The van der Waals surface area contributed by atoms with Crippen LogP contribution in [0.5, 0.6) is 0 Å². The minimum absolute atomic E-state index is 0.903. The first-order valence-electron chi connectivity index (χ1n) is 35.3. The lowest BCUT2D eigenvalue weighted by Gasteiger charge is -1.92. The van der Waals surface area contributed by atoms with E-state index in [1.807, 2.05) is 257 Å². The van der Waals surface area contributed by atoms with Crippen molar-refractivity contribution in [1.82, 2.24) is 121 Å². The van der Waals surface area contributed by atoms with Gasteiger partial charge in [0.05, 0.1) is 82.0 Å². The fraction of sp³-hybridized carbons (Fsp3) is 0.366. The van der Waals surface area contributed by atoms with Crippen LogP contribution >= 0.6 is 22.7 Å². The van der Waals surface area contributed by atoms with E-state index < -0.39 is 0 Å². The number of aromatic amines is 6. The summed E-state index contributed by atoms with van der Waals surface area (Å²) in [6, 6.07) is 10.0. The van der Waals surface area contributed by atoms with Crippen LogP contribution in [0.25, 0.3) is 0 Å². The second kappa shape index (κ2) is 55.0. The molecule has 15 aromatic rings. The summed E-state index contributed by atoms with van der Waals surface area (Å²) >= 11 is 3.39. The molecule has 0 atom stereocenters. The van der Waals surface area contributed by atoms with Crippen LogP contribution in [-0.2, 0) is 0 Å². The van der Waals surface area contributed by atoms with E-state index in [9.17, 15) is 0 Å². The Hall–Kier alpha value is -11.5. The molecule has 15 heterocycles. The van der Waals surface area contributed by atoms with Crippen LogP contribution in [-0.4, -0.2) is 121 Å². The van der Waals surface area contributed by atoms with Crippen LogP contribution in [0.3, 0.4) is 0 Å². The molecule has 0 amide bonds. The maximum absolute atomic E-state index is 4.85. The van der Waals surface area contributed by atoms with Gasteiger partial charge >= 0.3 is 0 Å². The molecule has 590 valence electrons. The SMILES string of the molecule is Cc1cccnc1C.Cc1cccnc1C.Cc1ccncc1C.Cc1cn[nH]c1C.Cc1cn[nH]c1C.Cc1cn[nH]c1C.Cc1cn[nH]c1C.Cc1cncnc1C.Cc1cncnc1C.Cc1n[nH]nc1C.Cc1nc[nH]c1C.Cc1ncoc1C.Cc1ncoc1C.Cc1ncsc1C.Cc1ncsc1C. The van der Waals surface area contributed by atoms with Gasteiger partial charge in [0.15, 0.2) is 12.8 Å². The van der Waals surface area contributed by atoms with Crippen molar-refractivity contribution in [2.45, 2.75) is 208 Å². The highest BCUT2D eigenvalue weighted by Crippen LogP contribution is 2.10. The van der Waals surface area contributed by atoms with Gasteiger partial charge in [-0.25, -0.2) is 44.9 Å². The predicted molar refractivity (Wildman–Crippen MR) is 445 cm³/mol. The molecule has 28 heteroatoms. The van der Waals surface area contributed by atoms with E-state index in [2.05, 4.69) is 175 Å². The molecule has 15 rings (SSSR count). The summed E-state index contributed by atoms with van der Waals surface area (Å²) in [6.45, 7) is 59.9. The Bertz CT molecular complexity index is 3670. The maximum atomic E-state index is 4.85. The van der Waals surface area contributed by atoms with Crippen molar-refractivity contribution >= 4 is 22.7 Å². The normalized spacial score (nSPS) is 9.36. The summed E-state index contributed by atoms with van der Waals surface area (Å²) in [4.78, 5) is 53.0. The molecule has 0 aromatic carbocycles. The molecule has 0 saturated heterocycles. The molecule has 6 N–H and O–H groups in total. The van der Waals surface area contributed by atoms with Gasteiger partial charge < -0.3 is 13.8 Å². The lowest BCUT2D eigenvalue weighted by atomic mass is 10.2. The van der Waals surface area contributed by atoms with E-state index in [0.29, 0.717) is 0 Å². The second-order valence-corrected chi connectivity index (χ2v) is 27.3. The number of nitrogens with zero attached hydrogens (tertiary/aromatic N) is 18. The molecule has 0 aliphatic rings. The van der Waals surface area contributed by atoms with Crippen molar-refractivity contribution in [3.63, 3.8) is 0 Å². The van der Waals surface area contributed by atoms with Crippen molar-refractivity contribution < 1.29 is 8.83 Å². The number of hydrogen-bond acceptors (Lipinski definition) is 22. The molecule has 0 spiro atoms. The highest BCUT2D eigenvalue weighted by Gasteiger charge is 1.97. The molecule has 0 radical (unpaired) electrons. The summed E-state index contributed by atoms with van der Waals surface area (Å²) in [7, 11) is 0. The third-order valence-corrected chi connectivity index (χ3v) is 18.2. The predicted octanol–water partition coefficient (Wildman–Crippen LogP) is 18.9. The van der Waals surface area contributed by atoms with Crippen LogP contribution in [0.4, 0.5) is 0 Å². The number of nitrogens with one attached hydrogen (secondary N) is 6. The number of aromatic nitrogens is 24. The molecule has 0 fully saturated rings. The molecule has 15 aromatic heterocycles. The highest BCUT2D eigenvalue weighted by molar-refractivity contribution is 7.09. The van der Waals surface area contributed by atoms with E-state index in [-0.39, 0.29) is 0 Å². The van der Waals surface area contributed by atoms with Gasteiger partial charge in [-0.3, -0.25) is 35.3 Å². The van der Waals surface area contributed by atoms with Gasteiger partial charge in [0.25, 0.3) is 0 Å². The van der Waals surface area contributed by atoms with Crippen molar-refractivity contribution in [2.24, 2.45) is 0 Å². The first-order chi connectivity index (χ1) is 52.1. The van der Waals surface area contributed by atoms with E-state index in [1.54, 1.807) is 41.7 Å². The summed E-state index contributed by atoms with van der Waals surface area (Å²) in [5.74, 6) is 1.81. The zero-order valence-electron chi connectivity index (χ0n) is 70.4. The number of oxazole rings is 2. The number of imidazole rings is 1. The number of thiazole rings is 2. The minimum atomic E-state index is 0.903. The van der Waals surface area contributed by atoms with Crippen LogP contribution in [0, 0.1) is 208 Å². The number of hydrogen-bond donors (Lipinski definition) is 6. The van der Waals surface area contributed by atoms with Crippen molar-refractivity contribution in [3.8, 4) is 0 Å². The van der Waals surface area contributed by atoms with Gasteiger partial charge in [0.2, 0.25) is 0 Å². The Balaban J connectivity index is 0.000000589. The quantitative estimate of drug-likeness (QED) is 0.0821. The molecule has 0 unspecified atom stereocenters. The Labute approximate surface area is 659 Å². The smallest absolute Gasteiger partial charge is 0.181 e. The Morgan fingerprint density at radius 3 is 0.755 bits per heavy atom. The largest absolute Gasteiger partial charge is 0.449 e. The number of pyridine rings is 3. The summed E-state index contributed by atoms with van der Waals surface area (Å²) in [5.41, 5.74) is 33.4. The number of aryl methyl sites for hydroxylation is 30. The molecule has 0 aliphatic heterocycles. The zero-order valence-corrected chi connectivity index (χ0v) is 72.0.